The van der Waals surface area contributed by atoms with Crippen molar-refractivity contribution in [3.05, 3.63) is 29.3 Å². The van der Waals surface area contributed by atoms with Gasteiger partial charge in [0, 0.05) is 11.6 Å². The highest BCUT2D eigenvalue weighted by Crippen LogP contribution is 2.25. The van der Waals surface area contributed by atoms with Crippen LogP contribution in [0.15, 0.2) is 24.3 Å². The molecule has 1 aromatic rings. The fourth-order valence-corrected chi connectivity index (χ4v) is 3.77. The van der Waals surface area contributed by atoms with Gasteiger partial charge in [-0.1, -0.05) is 44.4 Å². The number of carbonyl (C=O) groups is 1. The van der Waals surface area contributed by atoms with E-state index in [1.54, 1.807) is 31.2 Å². The summed E-state index contributed by atoms with van der Waals surface area (Å²) in [6.07, 6.45) is 4.45. The van der Waals surface area contributed by atoms with Crippen LogP contribution >= 0.6 is 11.6 Å². The van der Waals surface area contributed by atoms with Crippen molar-refractivity contribution in [1.29, 1.82) is 0 Å². The molecular formula is C16H25ClN2O3S. The van der Waals surface area contributed by atoms with Crippen LogP contribution in [0.5, 0.6) is 0 Å². The second-order valence-corrected chi connectivity index (χ2v) is 7.76. The Morgan fingerprint density at radius 1 is 1.30 bits per heavy atom. The first-order valence-corrected chi connectivity index (χ1v) is 10.1. The van der Waals surface area contributed by atoms with Crippen LogP contribution in [0.3, 0.4) is 0 Å². The number of halogens is 1. The van der Waals surface area contributed by atoms with E-state index in [0.717, 1.165) is 29.8 Å². The summed E-state index contributed by atoms with van der Waals surface area (Å²) in [4.78, 5) is 12.4. The van der Waals surface area contributed by atoms with Crippen molar-refractivity contribution in [2.75, 3.05) is 17.1 Å². The summed E-state index contributed by atoms with van der Waals surface area (Å²) in [5.74, 6) is -0.283. The summed E-state index contributed by atoms with van der Waals surface area (Å²) < 4.78 is 25.6. The Morgan fingerprint density at radius 2 is 2.00 bits per heavy atom. The lowest BCUT2D eigenvalue weighted by Gasteiger charge is -2.30. The van der Waals surface area contributed by atoms with Gasteiger partial charge >= 0.3 is 0 Å². The standard InChI is InChI=1S/C16H25ClN2O3S/c1-4-6-7-11-18-16(20)15(5-2)19(23(3,21)22)14-10-8-9-13(17)12-14/h8-10,12,15H,4-7,11H2,1-3H3,(H,18,20). The second kappa shape index (κ2) is 9.13. The van der Waals surface area contributed by atoms with Gasteiger partial charge in [0.05, 0.1) is 11.9 Å². The minimum atomic E-state index is -3.61. The van der Waals surface area contributed by atoms with E-state index in [1.807, 2.05) is 0 Å². The summed E-state index contributed by atoms with van der Waals surface area (Å²) in [5, 5.41) is 3.25. The van der Waals surface area contributed by atoms with Gasteiger partial charge in [0.25, 0.3) is 0 Å². The first kappa shape index (κ1) is 19.8. The smallest absolute Gasteiger partial charge is 0.243 e. The van der Waals surface area contributed by atoms with Crippen molar-refractivity contribution in [3.63, 3.8) is 0 Å². The molecule has 0 fully saturated rings. The van der Waals surface area contributed by atoms with Crippen molar-refractivity contribution >= 4 is 33.2 Å². The number of carbonyl (C=O) groups excluding carboxylic acids is 1. The number of rotatable bonds is 9. The quantitative estimate of drug-likeness (QED) is 0.688. The Labute approximate surface area is 144 Å². The third-order valence-electron chi connectivity index (χ3n) is 3.47. The number of anilines is 1. The minimum Gasteiger partial charge on any atom is -0.354 e. The monoisotopic (exact) mass is 360 g/mol. The average Bonchev–Trinajstić information content (AvgIpc) is 2.47. The Hall–Kier alpha value is -1.27. The summed E-state index contributed by atoms with van der Waals surface area (Å²) in [6.45, 7) is 4.43. The number of unbranched alkanes of at least 4 members (excludes halogenated alkanes) is 2. The molecule has 130 valence electrons. The van der Waals surface area contributed by atoms with Crippen LogP contribution in [-0.4, -0.2) is 33.2 Å². The van der Waals surface area contributed by atoms with Crippen LogP contribution in [0.4, 0.5) is 5.69 Å². The van der Waals surface area contributed by atoms with Gasteiger partial charge in [-0.2, -0.15) is 0 Å². The molecule has 0 spiro atoms. The molecule has 0 aliphatic carbocycles. The van der Waals surface area contributed by atoms with Gasteiger partial charge in [-0.3, -0.25) is 9.10 Å². The third kappa shape index (κ3) is 6.03. The molecule has 0 saturated carbocycles. The number of benzene rings is 1. The molecule has 0 saturated heterocycles. The van der Waals surface area contributed by atoms with Crippen LogP contribution < -0.4 is 9.62 Å². The molecule has 0 aliphatic rings. The number of nitrogens with one attached hydrogen (secondary N) is 1. The van der Waals surface area contributed by atoms with E-state index in [0.29, 0.717) is 23.7 Å². The van der Waals surface area contributed by atoms with E-state index in [4.69, 9.17) is 11.6 Å². The summed E-state index contributed by atoms with van der Waals surface area (Å²) in [5.41, 5.74) is 0.399. The van der Waals surface area contributed by atoms with Gasteiger partial charge in [-0.05, 0) is 31.0 Å². The minimum absolute atomic E-state index is 0.283. The molecule has 1 aromatic carbocycles. The highest BCUT2D eigenvalue weighted by molar-refractivity contribution is 7.92. The van der Waals surface area contributed by atoms with Crippen LogP contribution in [0, 0.1) is 0 Å². The number of amides is 1. The van der Waals surface area contributed by atoms with Gasteiger partial charge in [-0.25, -0.2) is 8.42 Å². The SMILES string of the molecule is CCCCCNC(=O)C(CC)N(c1cccc(Cl)c1)S(C)(=O)=O. The van der Waals surface area contributed by atoms with Crippen molar-refractivity contribution < 1.29 is 13.2 Å². The maximum atomic E-state index is 12.4. The van der Waals surface area contributed by atoms with Crippen LogP contribution in [-0.2, 0) is 14.8 Å². The van der Waals surface area contributed by atoms with E-state index in [1.165, 1.54) is 0 Å². The first-order chi connectivity index (χ1) is 10.8. The van der Waals surface area contributed by atoms with E-state index in [2.05, 4.69) is 12.2 Å². The lowest BCUT2D eigenvalue weighted by molar-refractivity contribution is -0.122. The molecule has 1 amide bonds. The first-order valence-electron chi connectivity index (χ1n) is 7.84. The lowest BCUT2D eigenvalue weighted by atomic mass is 10.2. The van der Waals surface area contributed by atoms with Crippen LogP contribution in [0.25, 0.3) is 0 Å². The fraction of sp³-hybridized carbons (Fsp3) is 0.562. The number of sulfonamides is 1. The van der Waals surface area contributed by atoms with Crippen LogP contribution in [0.2, 0.25) is 5.02 Å². The van der Waals surface area contributed by atoms with Crippen LogP contribution in [0.1, 0.15) is 39.5 Å². The van der Waals surface area contributed by atoms with Crippen molar-refractivity contribution in [2.45, 2.75) is 45.6 Å². The fourth-order valence-electron chi connectivity index (χ4n) is 2.38. The number of hydrogen-bond acceptors (Lipinski definition) is 3. The Morgan fingerprint density at radius 3 is 2.52 bits per heavy atom. The third-order valence-corrected chi connectivity index (χ3v) is 4.89. The Kier molecular flexibility index (Phi) is 7.85. The van der Waals surface area contributed by atoms with E-state index in [9.17, 15) is 13.2 Å². The van der Waals surface area contributed by atoms with Gasteiger partial charge in [0.15, 0.2) is 0 Å². The largest absolute Gasteiger partial charge is 0.354 e. The molecule has 0 aliphatic heterocycles. The number of nitrogens with zero attached hydrogens (tertiary/aromatic N) is 1. The van der Waals surface area contributed by atoms with E-state index < -0.39 is 16.1 Å². The molecule has 0 heterocycles. The van der Waals surface area contributed by atoms with Crippen molar-refractivity contribution in [1.82, 2.24) is 5.32 Å². The van der Waals surface area contributed by atoms with E-state index >= 15 is 0 Å². The van der Waals surface area contributed by atoms with Gasteiger partial charge in [0.1, 0.15) is 6.04 Å². The van der Waals surface area contributed by atoms with Gasteiger partial charge in [-0.15, -0.1) is 0 Å². The molecule has 0 bridgehead atoms. The predicted molar refractivity (Wildman–Crippen MR) is 95.4 cm³/mol. The number of hydrogen-bond donors (Lipinski definition) is 1. The molecule has 0 radical (unpaired) electrons. The molecule has 7 heteroatoms. The molecule has 0 aromatic heterocycles. The van der Waals surface area contributed by atoms with Crippen molar-refractivity contribution in [2.24, 2.45) is 0 Å². The van der Waals surface area contributed by atoms with Crippen molar-refractivity contribution in [3.8, 4) is 0 Å². The average molecular weight is 361 g/mol. The topological polar surface area (TPSA) is 66.5 Å². The molecule has 1 unspecified atom stereocenters. The maximum absolute atomic E-state index is 12.4. The van der Waals surface area contributed by atoms with E-state index in [-0.39, 0.29) is 5.91 Å². The zero-order valence-corrected chi connectivity index (χ0v) is 15.5. The molecule has 1 N–H and O–H groups in total. The zero-order chi connectivity index (χ0) is 17.5. The highest BCUT2D eigenvalue weighted by Gasteiger charge is 2.31. The molecule has 1 rings (SSSR count). The van der Waals surface area contributed by atoms with Gasteiger partial charge in [0.2, 0.25) is 15.9 Å². The molecule has 1 atom stereocenters. The Bertz CT molecular complexity index is 620. The Balaban J connectivity index is 3.02. The molecule has 5 nitrogen and oxygen atoms in total. The summed E-state index contributed by atoms with van der Waals surface area (Å²) >= 11 is 5.96. The highest BCUT2D eigenvalue weighted by atomic mass is 35.5. The zero-order valence-electron chi connectivity index (χ0n) is 13.9. The summed E-state index contributed by atoms with van der Waals surface area (Å²) in [6, 6.07) is 5.74. The maximum Gasteiger partial charge on any atom is 0.243 e. The second-order valence-electron chi connectivity index (χ2n) is 5.46. The molecule has 23 heavy (non-hydrogen) atoms. The summed E-state index contributed by atoms with van der Waals surface area (Å²) in [7, 11) is -3.61. The predicted octanol–water partition coefficient (Wildman–Crippen LogP) is 3.19. The van der Waals surface area contributed by atoms with Gasteiger partial charge < -0.3 is 5.32 Å². The lowest BCUT2D eigenvalue weighted by Crippen LogP contribution is -2.49. The normalized spacial score (nSPS) is 12.7. The molecular weight excluding hydrogens is 336 g/mol.